The molecule has 83 heavy (non-hydrogen) atoms. The molecule has 0 aromatic heterocycles. The van der Waals surface area contributed by atoms with Gasteiger partial charge in [-0.05, 0) is 97.2 Å². The fourth-order valence-electron chi connectivity index (χ4n) is 10.6. The summed E-state index contributed by atoms with van der Waals surface area (Å²) in [6.45, 7) is 31.3. The average molecular weight is 1150 g/mol. The van der Waals surface area contributed by atoms with Crippen LogP contribution in [0.5, 0.6) is 11.5 Å². The van der Waals surface area contributed by atoms with Gasteiger partial charge in [0.05, 0.1) is 0 Å². The number of ether oxygens (including phenoxy) is 2. The van der Waals surface area contributed by atoms with Crippen molar-refractivity contribution in [2.24, 2.45) is 45.3 Å². The minimum absolute atomic E-state index is 0. The summed E-state index contributed by atoms with van der Waals surface area (Å²) in [5.74, 6) is 4.16. The van der Waals surface area contributed by atoms with Crippen LogP contribution in [0.1, 0.15) is 146 Å². The number of likely N-dealkylation sites (tertiary alicyclic amines) is 2. The Morgan fingerprint density at radius 3 is 1.30 bits per heavy atom. The maximum absolute atomic E-state index is 13.1. The quantitative estimate of drug-likeness (QED) is 0.0295. The molecule has 2 saturated heterocycles. The van der Waals surface area contributed by atoms with Crippen LogP contribution >= 0.6 is 0 Å². The van der Waals surface area contributed by atoms with Gasteiger partial charge in [-0.15, -0.1) is 0 Å². The van der Waals surface area contributed by atoms with Crippen LogP contribution in [0.2, 0.25) is 0 Å². The van der Waals surface area contributed by atoms with Crippen molar-refractivity contribution in [3.05, 3.63) is 120 Å². The van der Waals surface area contributed by atoms with Gasteiger partial charge in [0, 0.05) is 44.0 Å². The molecule has 0 spiro atoms. The molecule has 0 bridgehead atoms. The third-order valence-corrected chi connectivity index (χ3v) is 14.9. The van der Waals surface area contributed by atoms with Gasteiger partial charge in [-0.25, -0.2) is 8.78 Å². The molecule has 0 radical (unpaired) electrons. The minimum atomic E-state index is -0.347. The van der Waals surface area contributed by atoms with Crippen molar-refractivity contribution in [1.29, 1.82) is 0 Å². The number of benzene rings is 4. The Labute approximate surface area is 501 Å². The van der Waals surface area contributed by atoms with Gasteiger partial charge in [-0.2, -0.15) is 0 Å². The molecular weight excluding hydrogens is 1040 g/mol. The number of hydrogen-bond donors (Lipinski definition) is 1. The SMILES string of the molecule is C.CC(C)CCN(c1ccc(OCc2ccc(F)cc2)cc1)C1CCN(C[C@@H](N)CC(C)C)CC1.CC(C)CCN(c1ccc(OCc2ccc(F)cc2)cc1)C1CCN(C[C@H](CC(C)C)N=CB=O)CC1.CC(C)C[C@@H](C=O)N=CB=O. The van der Waals surface area contributed by atoms with Gasteiger partial charge >= 0.3 is 219 Å². The van der Waals surface area contributed by atoms with E-state index in [4.69, 9.17) is 15.2 Å². The van der Waals surface area contributed by atoms with Crippen LogP contribution in [-0.2, 0) is 27.4 Å². The predicted molar refractivity (Wildman–Crippen MR) is 343 cm³/mol. The molecule has 0 saturated carbocycles. The van der Waals surface area contributed by atoms with Crippen molar-refractivity contribution in [2.45, 2.75) is 178 Å². The Hall–Kier alpha value is -5.44. The average Bonchev–Trinajstić information content (AvgIpc) is 3.56. The van der Waals surface area contributed by atoms with E-state index in [9.17, 15) is 23.0 Å². The Morgan fingerprint density at radius 1 is 0.554 bits per heavy atom. The van der Waals surface area contributed by atoms with Crippen LogP contribution in [0.3, 0.4) is 0 Å². The van der Waals surface area contributed by atoms with Gasteiger partial charge in [0.2, 0.25) is 0 Å². The molecular formula is C67H103B2F2N7O5. The molecule has 4 aromatic carbocycles. The number of piperidine rings is 2. The number of aliphatic imine (C=N–C) groups is 2. The van der Waals surface area contributed by atoms with E-state index in [-0.39, 0.29) is 37.2 Å². The first kappa shape index (κ1) is 71.8. The molecule has 4 aromatic rings. The summed E-state index contributed by atoms with van der Waals surface area (Å²) >= 11 is 0. The molecule has 2 fully saturated rings. The van der Waals surface area contributed by atoms with E-state index in [1.165, 1.54) is 61.0 Å². The number of anilines is 2. The first-order valence-corrected chi connectivity index (χ1v) is 30.4. The number of carbonyl (C=O) groups excluding carboxylic acids is 1. The number of hydrogen-bond acceptors (Lipinski definition) is 12. The zero-order chi connectivity index (χ0) is 59.8. The molecule has 2 heterocycles. The molecule has 2 aliphatic rings. The number of carbonyl (C=O) groups is 1. The molecule has 16 heteroatoms. The Kier molecular flexibility index (Phi) is 34.6. The van der Waals surface area contributed by atoms with Crippen LogP contribution in [0, 0.1) is 41.2 Å². The standard InChI is InChI=1S/C30H43BFN3O2.C29H44FN3O.C7H12BNO2.CH4/c1-23(2)13-18-35(28-9-11-30(12-10-28)37-21-25-5-7-26(32)8-6-25)29-14-16-34(17-15-29)20-27(19-24(3)4)33-22-31-36;1-22(2)13-18-33(28-14-16-32(17-15-28)20-26(31)19-23(3)4)27-9-11-29(12-10-27)34-21-24-5-7-25(30)8-6-24;1-6(2)3-7(4-10)9-5-8-11;/h5-12,22-24,27,29H,13-21H2,1-4H3;5-12,22-23,26,28H,13-21,31H2,1-4H3;4-7H,3H2,1-2H3;1H4/t27-;26-;7-;/m000./s1. The zero-order valence-electron chi connectivity index (χ0n) is 51.4. The third-order valence-electron chi connectivity index (χ3n) is 14.9. The van der Waals surface area contributed by atoms with E-state index >= 15 is 0 Å². The number of aldehydes is 1. The van der Waals surface area contributed by atoms with E-state index in [1.807, 2.05) is 26.0 Å². The van der Waals surface area contributed by atoms with E-state index in [2.05, 4.69) is 121 Å². The number of halogens is 2. The van der Waals surface area contributed by atoms with Gasteiger partial charge in [-0.1, -0.05) is 73.2 Å². The van der Waals surface area contributed by atoms with Crippen molar-refractivity contribution in [2.75, 3.05) is 62.2 Å². The Morgan fingerprint density at radius 2 is 0.940 bits per heavy atom. The van der Waals surface area contributed by atoms with Gasteiger partial charge in [0.15, 0.2) is 0 Å². The fraction of sp³-hybridized carbons (Fsp3) is 0.597. The Balaban J connectivity index is 0.000000366. The molecule has 6 rings (SSSR count). The van der Waals surface area contributed by atoms with Crippen molar-refractivity contribution in [3.8, 4) is 11.5 Å². The van der Waals surface area contributed by atoms with E-state index in [0.29, 0.717) is 68.5 Å². The summed E-state index contributed by atoms with van der Waals surface area (Å²) in [7, 11) is 1.36. The second kappa shape index (κ2) is 40.0. The molecule has 0 unspecified atom stereocenters. The zero-order valence-corrected chi connectivity index (χ0v) is 51.4. The van der Waals surface area contributed by atoms with Crippen molar-refractivity contribution in [3.63, 3.8) is 0 Å². The van der Waals surface area contributed by atoms with Gasteiger partial charge < -0.3 is 25.0 Å². The molecule has 0 amide bonds. The molecule has 0 aliphatic carbocycles. The molecule has 2 N–H and O–H groups in total. The van der Waals surface area contributed by atoms with Gasteiger partial charge in [0.1, 0.15) is 36.3 Å². The second-order valence-electron chi connectivity index (χ2n) is 24.5. The van der Waals surface area contributed by atoms with Crippen LogP contribution in [0.25, 0.3) is 0 Å². The molecule has 12 nitrogen and oxygen atoms in total. The first-order valence-electron chi connectivity index (χ1n) is 30.4. The Bertz CT molecular complexity index is 2420. The predicted octanol–water partition coefficient (Wildman–Crippen LogP) is 13.6. The topological polar surface area (TPSA) is 133 Å². The molecule has 3 atom stereocenters. The maximum atomic E-state index is 13.1. The van der Waals surface area contributed by atoms with Crippen molar-refractivity contribution < 1.29 is 32.5 Å². The normalized spacial score (nSPS) is 15.5. The fourth-order valence-corrected chi connectivity index (χ4v) is 10.6. The van der Waals surface area contributed by atoms with Gasteiger partial charge in [0.25, 0.3) is 0 Å². The van der Waals surface area contributed by atoms with E-state index < -0.39 is 0 Å². The summed E-state index contributed by atoms with van der Waals surface area (Å²) in [5.41, 5.74) is 10.8. The van der Waals surface area contributed by atoms with E-state index in [0.717, 1.165) is 127 Å². The van der Waals surface area contributed by atoms with Crippen LogP contribution < -0.4 is 25.0 Å². The van der Waals surface area contributed by atoms with E-state index in [1.54, 1.807) is 24.3 Å². The molecule has 2 aliphatic heterocycles. The number of nitrogens with two attached hydrogens (primary N) is 1. The monoisotopic (exact) mass is 1150 g/mol. The first-order chi connectivity index (χ1) is 39.3. The summed E-state index contributed by atoms with van der Waals surface area (Å²) in [5, 5.41) is 0. The van der Waals surface area contributed by atoms with Gasteiger partial charge in [-0.3, -0.25) is 0 Å². The summed E-state index contributed by atoms with van der Waals surface area (Å²) in [4.78, 5) is 28.8. The van der Waals surface area contributed by atoms with Crippen LogP contribution in [0.15, 0.2) is 107 Å². The third kappa shape index (κ3) is 29.3. The number of rotatable bonds is 31. The summed E-state index contributed by atoms with van der Waals surface area (Å²) < 4.78 is 58.7. The molecule has 456 valence electrons. The van der Waals surface area contributed by atoms with Crippen LogP contribution in [-0.4, -0.2) is 125 Å². The summed E-state index contributed by atoms with van der Waals surface area (Å²) in [6.07, 6.45) is 13.0. The number of nitrogens with zero attached hydrogens (tertiary/aromatic N) is 6. The second-order valence-corrected chi connectivity index (χ2v) is 24.5. The van der Waals surface area contributed by atoms with Crippen LogP contribution in [0.4, 0.5) is 20.2 Å². The van der Waals surface area contributed by atoms with Crippen molar-refractivity contribution >= 4 is 44.2 Å². The summed E-state index contributed by atoms with van der Waals surface area (Å²) in [6, 6.07) is 31.0. The van der Waals surface area contributed by atoms with Crippen molar-refractivity contribution in [1.82, 2.24) is 9.80 Å².